The molecule has 5 nitrogen and oxygen atoms in total. The summed E-state index contributed by atoms with van der Waals surface area (Å²) in [7, 11) is 0. The standard InChI is InChI=1S/C5H12N2O2.C2H3N/c6-3-1-2-4(7)5(8)9;1-2-3/h4H,1-3,6-7H2,(H,8,9);1H3. The fraction of sp³-hybridized carbons (Fsp3) is 0.714. The zero-order chi connectivity index (χ0) is 9.98. The van der Waals surface area contributed by atoms with Crippen LogP contribution in [0.25, 0.3) is 0 Å². The number of aliphatic carboxylic acids is 1. The summed E-state index contributed by atoms with van der Waals surface area (Å²) in [6, 6.07) is 1.01. The van der Waals surface area contributed by atoms with Gasteiger partial charge < -0.3 is 16.6 Å². The Hall–Kier alpha value is -1.12. The molecule has 0 aliphatic rings. The largest absolute Gasteiger partial charge is 0.480 e. The van der Waals surface area contributed by atoms with Gasteiger partial charge in [0.25, 0.3) is 0 Å². The SMILES string of the molecule is CC#N.NCCCC(N)C(=O)O. The van der Waals surface area contributed by atoms with Crippen LogP contribution in [0.2, 0.25) is 0 Å². The highest BCUT2D eigenvalue weighted by Gasteiger charge is 2.08. The molecule has 0 amide bonds. The monoisotopic (exact) mass is 173 g/mol. The van der Waals surface area contributed by atoms with Crippen LogP contribution in [0, 0.1) is 11.3 Å². The van der Waals surface area contributed by atoms with Crippen molar-refractivity contribution < 1.29 is 9.90 Å². The molecule has 70 valence electrons. The van der Waals surface area contributed by atoms with E-state index in [4.69, 9.17) is 21.8 Å². The fourth-order valence-corrected chi connectivity index (χ4v) is 0.461. The predicted molar refractivity (Wildman–Crippen MR) is 45.2 cm³/mol. The summed E-state index contributed by atoms with van der Waals surface area (Å²) in [6.07, 6.45) is 1.14. The van der Waals surface area contributed by atoms with Gasteiger partial charge in [-0.2, -0.15) is 5.26 Å². The maximum atomic E-state index is 10.0. The van der Waals surface area contributed by atoms with Gasteiger partial charge in [0.1, 0.15) is 6.04 Å². The molecule has 0 saturated carbocycles. The van der Waals surface area contributed by atoms with Crippen LogP contribution < -0.4 is 11.5 Å². The van der Waals surface area contributed by atoms with E-state index in [1.54, 1.807) is 6.07 Å². The number of hydrogen-bond donors (Lipinski definition) is 3. The van der Waals surface area contributed by atoms with E-state index in [0.29, 0.717) is 19.4 Å². The summed E-state index contributed by atoms with van der Waals surface area (Å²) in [5.74, 6) is -0.955. The lowest BCUT2D eigenvalue weighted by Crippen LogP contribution is -2.30. The van der Waals surface area contributed by atoms with Crippen LogP contribution in [-0.2, 0) is 4.79 Å². The molecule has 0 fully saturated rings. The minimum atomic E-state index is -0.955. The molecule has 1 unspecified atom stereocenters. The summed E-state index contributed by atoms with van der Waals surface area (Å²) in [5, 5.41) is 15.6. The third-order valence-corrected chi connectivity index (χ3v) is 1.04. The molecule has 0 spiro atoms. The highest BCUT2D eigenvalue weighted by molar-refractivity contribution is 5.72. The van der Waals surface area contributed by atoms with Crippen LogP contribution in [0.15, 0.2) is 0 Å². The summed E-state index contributed by atoms with van der Waals surface area (Å²) in [5.41, 5.74) is 10.3. The number of nitriles is 1. The van der Waals surface area contributed by atoms with Gasteiger partial charge in [-0.25, -0.2) is 0 Å². The predicted octanol–water partition coefficient (Wildman–Crippen LogP) is -0.333. The van der Waals surface area contributed by atoms with Crippen LogP contribution in [0.1, 0.15) is 19.8 Å². The number of carboxylic acids is 1. The topological polar surface area (TPSA) is 113 Å². The molecule has 0 heterocycles. The Bertz CT molecular complexity index is 153. The Labute approximate surface area is 72.0 Å². The zero-order valence-corrected chi connectivity index (χ0v) is 7.16. The smallest absolute Gasteiger partial charge is 0.320 e. The Kier molecular flexibility index (Phi) is 11.1. The van der Waals surface area contributed by atoms with Crippen molar-refractivity contribution in [2.24, 2.45) is 11.5 Å². The molecule has 0 aromatic heterocycles. The fourth-order valence-electron chi connectivity index (χ4n) is 0.461. The summed E-state index contributed by atoms with van der Waals surface area (Å²) in [4.78, 5) is 10.0. The van der Waals surface area contributed by atoms with E-state index >= 15 is 0 Å². The summed E-state index contributed by atoms with van der Waals surface area (Å²) < 4.78 is 0. The number of nitrogens with two attached hydrogens (primary N) is 2. The molecule has 0 bridgehead atoms. The molecule has 0 aliphatic carbocycles. The van der Waals surface area contributed by atoms with E-state index in [9.17, 15) is 4.79 Å². The Morgan fingerprint density at radius 3 is 2.42 bits per heavy atom. The van der Waals surface area contributed by atoms with Crippen LogP contribution in [-0.4, -0.2) is 23.7 Å². The van der Waals surface area contributed by atoms with Gasteiger partial charge in [-0.05, 0) is 19.4 Å². The molecule has 0 radical (unpaired) electrons. The number of carboxylic acid groups (broad SMARTS) is 1. The van der Waals surface area contributed by atoms with Crippen molar-refractivity contribution in [2.75, 3.05) is 6.54 Å². The summed E-state index contributed by atoms with van der Waals surface area (Å²) in [6.45, 7) is 1.93. The first-order chi connectivity index (χ1) is 5.59. The van der Waals surface area contributed by atoms with Crippen LogP contribution in [0.4, 0.5) is 0 Å². The first kappa shape index (κ1) is 13.5. The van der Waals surface area contributed by atoms with E-state index in [2.05, 4.69) is 0 Å². The van der Waals surface area contributed by atoms with Gasteiger partial charge in [0.2, 0.25) is 0 Å². The molecule has 5 N–H and O–H groups in total. The molecular formula is C7H15N3O2. The van der Waals surface area contributed by atoms with Crippen LogP contribution in [0.3, 0.4) is 0 Å². The first-order valence-corrected chi connectivity index (χ1v) is 3.59. The Balaban J connectivity index is 0. The van der Waals surface area contributed by atoms with Gasteiger partial charge >= 0.3 is 5.97 Å². The number of rotatable bonds is 4. The van der Waals surface area contributed by atoms with Crippen molar-refractivity contribution in [1.29, 1.82) is 5.26 Å². The van der Waals surface area contributed by atoms with Crippen molar-refractivity contribution in [3.8, 4) is 6.07 Å². The second-order valence-corrected chi connectivity index (χ2v) is 2.10. The van der Waals surface area contributed by atoms with Crippen molar-refractivity contribution in [2.45, 2.75) is 25.8 Å². The first-order valence-electron chi connectivity index (χ1n) is 3.59. The lowest BCUT2D eigenvalue weighted by Gasteiger charge is -2.02. The van der Waals surface area contributed by atoms with E-state index in [1.165, 1.54) is 6.92 Å². The Morgan fingerprint density at radius 2 is 2.17 bits per heavy atom. The molecule has 5 heteroatoms. The molecule has 1 atom stereocenters. The maximum Gasteiger partial charge on any atom is 0.320 e. The minimum Gasteiger partial charge on any atom is -0.480 e. The summed E-state index contributed by atoms with van der Waals surface area (Å²) >= 11 is 0. The quantitative estimate of drug-likeness (QED) is 0.538. The van der Waals surface area contributed by atoms with E-state index in [-0.39, 0.29) is 0 Å². The number of nitrogens with zero attached hydrogens (tertiary/aromatic N) is 1. The van der Waals surface area contributed by atoms with Crippen molar-refractivity contribution in [1.82, 2.24) is 0 Å². The minimum absolute atomic E-state index is 0.464. The zero-order valence-electron chi connectivity index (χ0n) is 7.16. The molecule has 0 aromatic carbocycles. The van der Waals surface area contributed by atoms with E-state index < -0.39 is 12.0 Å². The lowest BCUT2D eigenvalue weighted by molar-refractivity contribution is -0.138. The van der Waals surface area contributed by atoms with Gasteiger partial charge in [-0.15, -0.1) is 0 Å². The highest BCUT2D eigenvalue weighted by atomic mass is 16.4. The highest BCUT2D eigenvalue weighted by Crippen LogP contribution is 1.91. The van der Waals surface area contributed by atoms with E-state index in [0.717, 1.165) is 0 Å². The van der Waals surface area contributed by atoms with Crippen molar-refractivity contribution in [3.05, 3.63) is 0 Å². The molecule has 0 saturated heterocycles. The molecular weight excluding hydrogens is 158 g/mol. The normalized spacial score (nSPS) is 10.5. The van der Waals surface area contributed by atoms with Crippen molar-refractivity contribution in [3.63, 3.8) is 0 Å². The van der Waals surface area contributed by atoms with Crippen LogP contribution in [0.5, 0.6) is 0 Å². The van der Waals surface area contributed by atoms with Crippen molar-refractivity contribution >= 4 is 5.97 Å². The van der Waals surface area contributed by atoms with Gasteiger partial charge in [0, 0.05) is 6.92 Å². The number of hydrogen-bond acceptors (Lipinski definition) is 4. The third-order valence-electron chi connectivity index (χ3n) is 1.04. The third kappa shape index (κ3) is 11.6. The van der Waals surface area contributed by atoms with Gasteiger partial charge in [0.05, 0.1) is 6.07 Å². The van der Waals surface area contributed by atoms with Gasteiger partial charge in [-0.1, -0.05) is 0 Å². The molecule has 0 aromatic rings. The van der Waals surface area contributed by atoms with Gasteiger partial charge in [0.15, 0.2) is 0 Å². The average molecular weight is 173 g/mol. The number of carbonyl (C=O) groups is 1. The van der Waals surface area contributed by atoms with Crippen LogP contribution >= 0.6 is 0 Å². The molecule has 0 rings (SSSR count). The second kappa shape index (κ2) is 9.88. The average Bonchev–Trinajstić information content (AvgIpc) is 2.01. The Morgan fingerprint density at radius 1 is 1.75 bits per heavy atom. The second-order valence-electron chi connectivity index (χ2n) is 2.10. The lowest BCUT2D eigenvalue weighted by atomic mass is 10.2. The molecule has 0 aliphatic heterocycles. The maximum absolute atomic E-state index is 10.0. The van der Waals surface area contributed by atoms with Gasteiger partial charge in [-0.3, -0.25) is 4.79 Å². The molecule has 12 heavy (non-hydrogen) atoms. The van der Waals surface area contributed by atoms with E-state index in [1.807, 2.05) is 0 Å².